The number of para-hydroxylation sites is 1. The molecule has 0 saturated heterocycles. The largest absolute Gasteiger partial charge is 0.494 e. The molecule has 0 radical (unpaired) electrons. The van der Waals surface area contributed by atoms with E-state index in [1.54, 1.807) is 12.1 Å². The highest BCUT2D eigenvalue weighted by molar-refractivity contribution is 6.00. The van der Waals surface area contributed by atoms with Gasteiger partial charge in [0.2, 0.25) is 5.78 Å². The number of ketones is 1. The molecule has 1 aliphatic rings. The third-order valence-electron chi connectivity index (χ3n) is 3.55. The number of fused-ring (bicyclic) bond motifs is 1. The summed E-state index contributed by atoms with van der Waals surface area (Å²) in [5.41, 5.74) is 1.76. The molecule has 0 bridgehead atoms. The summed E-state index contributed by atoms with van der Waals surface area (Å²) >= 11 is 0. The number of rotatable bonds is 5. The van der Waals surface area contributed by atoms with Crippen molar-refractivity contribution in [3.8, 4) is 11.5 Å². The summed E-state index contributed by atoms with van der Waals surface area (Å²) in [7, 11) is 0. The maximum Gasteiger partial charge on any atom is 0.203 e. The van der Waals surface area contributed by atoms with Crippen molar-refractivity contribution in [1.29, 1.82) is 0 Å². The highest BCUT2D eigenvalue weighted by Gasteiger charge is 2.29. The fourth-order valence-corrected chi connectivity index (χ4v) is 2.45. The quantitative estimate of drug-likeness (QED) is 0.785. The molecular formula is C18H18O3. The van der Waals surface area contributed by atoms with E-state index >= 15 is 0 Å². The predicted molar refractivity (Wildman–Crippen MR) is 81.1 cm³/mol. The minimum absolute atomic E-state index is 0.0215. The van der Waals surface area contributed by atoms with E-state index in [0.717, 1.165) is 23.5 Å². The second-order valence-electron chi connectivity index (χ2n) is 5.16. The summed E-state index contributed by atoms with van der Waals surface area (Å²) in [6, 6.07) is 15.1. The molecule has 1 heterocycles. The Kier molecular flexibility index (Phi) is 3.91. The Morgan fingerprint density at radius 2 is 1.95 bits per heavy atom. The highest BCUT2D eigenvalue weighted by atomic mass is 16.5. The van der Waals surface area contributed by atoms with Crippen molar-refractivity contribution in [2.24, 2.45) is 0 Å². The molecule has 0 saturated carbocycles. The number of carbonyl (C=O) groups excluding carboxylic acids is 1. The SMILES string of the molecule is CCCOc1ccc(C(=O)C2Cc3ccccc3O2)cc1. The summed E-state index contributed by atoms with van der Waals surface area (Å²) in [4.78, 5) is 12.5. The van der Waals surface area contributed by atoms with Gasteiger partial charge in [-0.25, -0.2) is 0 Å². The van der Waals surface area contributed by atoms with Gasteiger partial charge in [-0.3, -0.25) is 4.79 Å². The molecule has 0 fully saturated rings. The molecule has 0 aliphatic carbocycles. The first-order valence-corrected chi connectivity index (χ1v) is 7.29. The van der Waals surface area contributed by atoms with Crippen LogP contribution in [0, 0.1) is 0 Å². The van der Waals surface area contributed by atoms with Gasteiger partial charge < -0.3 is 9.47 Å². The summed E-state index contributed by atoms with van der Waals surface area (Å²) in [6.45, 7) is 2.75. The van der Waals surface area contributed by atoms with Gasteiger partial charge in [-0.15, -0.1) is 0 Å². The molecule has 0 spiro atoms. The zero-order valence-corrected chi connectivity index (χ0v) is 12.0. The standard InChI is InChI=1S/C18H18O3/c1-2-11-20-15-9-7-13(8-10-15)18(19)17-12-14-5-3-4-6-16(14)21-17/h3-10,17H,2,11-12H2,1H3. The first-order chi connectivity index (χ1) is 10.3. The zero-order chi connectivity index (χ0) is 14.7. The molecule has 108 valence electrons. The molecule has 3 nitrogen and oxygen atoms in total. The Bertz CT molecular complexity index is 606. The van der Waals surface area contributed by atoms with E-state index in [1.165, 1.54) is 0 Å². The lowest BCUT2D eigenvalue weighted by atomic mass is 10.0. The van der Waals surface area contributed by atoms with E-state index in [4.69, 9.17) is 9.47 Å². The van der Waals surface area contributed by atoms with Gasteiger partial charge in [-0.2, -0.15) is 0 Å². The Hall–Kier alpha value is -2.29. The van der Waals surface area contributed by atoms with Crippen molar-refractivity contribution in [2.75, 3.05) is 6.61 Å². The summed E-state index contributed by atoms with van der Waals surface area (Å²) < 4.78 is 11.3. The summed E-state index contributed by atoms with van der Waals surface area (Å²) in [6.07, 6.45) is 1.20. The second kappa shape index (κ2) is 6.00. The van der Waals surface area contributed by atoms with Crippen LogP contribution in [-0.2, 0) is 6.42 Å². The lowest BCUT2D eigenvalue weighted by Gasteiger charge is -2.10. The average molecular weight is 282 g/mol. The average Bonchev–Trinajstić information content (AvgIpc) is 2.96. The van der Waals surface area contributed by atoms with Crippen LogP contribution < -0.4 is 9.47 Å². The van der Waals surface area contributed by atoms with Crippen molar-refractivity contribution >= 4 is 5.78 Å². The van der Waals surface area contributed by atoms with Crippen LogP contribution >= 0.6 is 0 Å². The van der Waals surface area contributed by atoms with Gasteiger partial charge in [0.05, 0.1) is 6.61 Å². The summed E-state index contributed by atoms with van der Waals surface area (Å²) in [5, 5.41) is 0. The lowest BCUT2D eigenvalue weighted by Crippen LogP contribution is -2.25. The number of hydrogen-bond donors (Lipinski definition) is 0. The second-order valence-corrected chi connectivity index (χ2v) is 5.16. The Morgan fingerprint density at radius 1 is 1.19 bits per heavy atom. The molecule has 2 aromatic carbocycles. The first kappa shape index (κ1) is 13.7. The molecule has 1 aliphatic heterocycles. The van der Waals surface area contributed by atoms with E-state index in [2.05, 4.69) is 6.92 Å². The van der Waals surface area contributed by atoms with Crippen molar-refractivity contribution in [3.05, 3.63) is 59.7 Å². The number of ether oxygens (including phenoxy) is 2. The third kappa shape index (κ3) is 2.92. The smallest absolute Gasteiger partial charge is 0.203 e. The summed E-state index contributed by atoms with van der Waals surface area (Å²) in [5.74, 6) is 1.64. The Balaban J connectivity index is 1.69. The molecule has 0 aromatic heterocycles. The maximum absolute atomic E-state index is 12.5. The van der Waals surface area contributed by atoms with Crippen molar-refractivity contribution < 1.29 is 14.3 Å². The predicted octanol–water partition coefficient (Wildman–Crippen LogP) is 3.66. The van der Waals surface area contributed by atoms with Gasteiger partial charge in [0.25, 0.3) is 0 Å². The van der Waals surface area contributed by atoms with Gasteiger partial charge in [0, 0.05) is 12.0 Å². The van der Waals surface area contributed by atoms with Crippen LogP contribution in [-0.4, -0.2) is 18.5 Å². The maximum atomic E-state index is 12.5. The van der Waals surface area contributed by atoms with Crippen molar-refractivity contribution in [3.63, 3.8) is 0 Å². The van der Waals surface area contributed by atoms with Gasteiger partial charge in [0.1, 0.15) is 11.5 Å². The third-order valence-corrected chi connectivity index (χ3v) is 3.55. The molecular weight excluding hydrogens is 264 g/mol. The topological polar surface area (TPSA) is 35.5 Å². The van der Waals surface area contributed by atoms with Gasteiger partial charge in [-0.05, 0) is 42.3 Å². The zero-order valence-electron chi connectivity index (χ0n) is 12.0. The fourth-order valence-electron chi connectivity index (χ4n) is 2.45. The molecule has 3 rings (SSSR count). The monoisotopic (exact) mass is 282 g/mol. The molecule has 0 amide bonds. The molecule has 2 aromatic rings. The molecule has 21 heavy (non-hydrogen) atoms. The van der Waals surface area contributed by atoms with E-state index in [0.29, 0.717) is 18.6 Å². The van der Waals surface area contributed by atoms with Crippen LogP contribution in [0.4, 0.5) is 0 Å². The number of Topliss-reactive ketones (excluding diaryl/α,β-unsaturated/α-hetero) is 1. The molecule has 0 N–H and O–H groups in total. The van der Waals surface area contributed by atoms with E-state index in [1.807, 2.05) is 36.4 Å². The normalized spacial score (nSPS) is 16.1. The molecule has 1 unspecified atom stereocenters. The number of hydrogen-bond acceptors (Lipinski definition) is 3. The van der Waals surface area contributed by atoms with E-state index in [9.17, 15) is 4.79 Å². The van der Waals surface area contributed by atoms with Gasteiger partial charge >= 0.3 is 0 Å². The molecule has 1 atom stereocenters. The Morgan fingerprint density at radius 3 is 2.67 bits per heavy atom. The van der Waals surface area contributed by atoms with E-state index < -0.39 is 6.10 Å². The van der Waals surface area contributed by atoms with Gasteiger partial charge in [-0.1, -0.05) is 25.1 Å². The number of benzene rings is 2. The van der Waals surface area contributed by atoms with Crippen LogP contribution in [0.25, 0.3) is 0 Å². The van der Waals surface area contributed by atoms with Crippen molar-refractivity contribution in [2.45, 2.75) is 25.9 Å². The first-order valence-electron chi connectivity index (χ1n) is 7.29. The van der Waals surface area contributed by atoms with Crippen molar-refractivity contribution in [1.82, 2.24) is 0 Å². The van der Waals surface area contributed by atoms with E-state index in [-0.39, 0.29) is 5.78 Å². The fraction of sp³-hybridized carbons (Fsp3) is 0.278. The number of carbonyl (C=O) groups is 1. The van der Waals surface area contributed by atoms with Crippen LogP contribution in [0.15, 0.2) is 48.5 Å². The van der Waals surface area contributed by atoms with Crippen LogP contribution in [0.1, 0.15) is 29.3 Å². The van der Waals surface area contributed by atoms with Crippen LogP contribution in [0.5, 0.6) is 11.5 Å². The van der Waals surface area contributed by atoms with Crippen LogP contribution in [0.2, 0.25) is 0 Å². The van der Waals surface area contributed by atoms with Crippen LogP contribution in [0.3, 0.4) is 0 Å². The minimum atomic E-state index is -0.412. The Labute approximate surface area is 124 Å². The highest BCUT2D eigenvalue weighted by Crippen LogP contribution is 2.29. The van der Waals surface area contributed by atoms with Gasteiger partial charge in [0.15, 0.2) is 6.10 Å². The lowest BCUT2D eigenvalue weighted by molar-refractivity contribution is 0.0824. The minimum Gasteiger partial charge on any atom is -0.494 e. The molecule has 3 heteroatoms.